The largest absolute Gasteiger partial charge is 0.494 e. The van der Waals surface area contributed by atoms with Crippen molar-refractivity contribution in [1.82, 2.24) is 0 Å². The van der Waals surface area contributed by atoms with Crippen LogP contribution in [0.3, 0.4) is 0 Å². The van der Waals surface area contributed by atoms with E-state index in [9.17, 15) is 5.11 Å². The van der Waals surface area contributed by atoms with Gasteiger partial charge in [0, 0.05) is 0 Å². The van der Waals surface area contributed by atoms with Crippen LogP contribution in [0.4, 0.5) is 0 Å². The maximum absolute atomic E-state index is 10.0. The Morgan fingerprint density at radius 2 is 2.00 bits per heavy atom. The molecule has 1 aliphatic carbocycles. The molecule has 1 unspecified atom stereocenters. The van der Waals surface area contributed by atoms with E-state index in [0.717, 1.165) is 25.0 Å². The van der Waals surface area contributed by atoms with Crippen molar-refractivity contribution in [2.45, 2.75) is 38.7 Å². The average Bonchev–Trinajstić information content (AvgIpc) is 2.29. The molecule has 0 saturated heterocycles. The maximum Gasteiger partial charge on any atom is 0.119 e. The third-order valence-electron chi connectivity index (χ3n) is 3.15. The van der Waals surface area contributed by atoms with E-state index in [2.05, 4.69) is 12.1 Å². The molecule has 1 atom stereocenters. The van der Waals surface area contributed by atoms with Gasteiger partial charge in [0.05, 0.1) is 12.2 Å². The third kappa shape index (κ3) is 3.10. The minimum atomic E-state index is -0.647. The Bertz CT molecular complexity index is 401. The van der Waals surface area contributed by atoms with Gasteiger partial charge in [0.25, 0.3) is 0 Å². The molecule has 0 heterocycles. The van der Waals surface area contributed by atoms with Crippen LogP contribution >= 0.6 is 0 Å². The molecule has 0 spiro atoms. The fourth-order valence-electron chi connectivity index (χ4n) is 2.32. The van der Waals surface area contributed by atoms with Gasteiger partial charge in [0.2, 0.25) is 0 Å². The molecule has 17 heavy (non-hydrogen) atoms. The van der Waals surface area contributed by atoms with E-state index in [1.165, 1.54) is 11.1 Å². The molecule has 1 N–H and O–H groups in total. The van der Waals surface area contributed by atoms with Crippen LogP contribution in [0, 0.1) is 0 Å². The van der Waals surface area contributed by atoms with Gasteiger partial charge in [0.15, 0.2) is 0 Å². The Balaban J connectivity index is 2.20. The van der Waals surface area contributed by atoms with Crippen LogP contribution in [-0.2, 0) is 0 Å². The van der Waals surface area contributed by atoms with Crippen molar-refractivity contribution in [1.29, 1.82) is 0 Å². The molecule has 1 aliphatic rings. The first-order chi connectivity index (χ1) is 8.11. The van der Waals surface area contributed by atoms with Gasteiger partial charge in [-0.2, -0.15) is 0 Å². The fourth-order valence-corrected chi connectivity index (χ4v) is 2.32. The summed E-state index contributed by atoms with van der Waals surface area (Å²) in [7, 11) is 0. The van der Waals surface area contributed by atoms with Gasteiger partial charge in [-0.15, -0.1) is 0 Å². The molecule has 1 aromatic rings. The molecule has 0 aromatic heterocycles. The quantitative estimate of drug-likeness (QED) is 0.865. The lowest BCUT2D eigenvalue weighted by Gasteiger charge is -2.26. The third-order valence-corrected chi connectivity index (χ3v) is 3.15. The lowest BCUT2D eigenvalue weighted by molar-refractivity contribution is 0.0962. The van der Waals surface area contributed by atoms with E-state index in [1.54, 1.807) is 0 Å². The van der Waals surface area contributed by atoms with E-state index < -0.39 is 5.60 Å². The first-order valence-electron chi connectivity index (χ1n) is 6.28. The summed E-state index contributed by atoms with van der Waals surface area (Å²) in [4.78, 5) is 0. The van der Waals surface area contributed by atoms with E-state index in [0.29, 0.717) is 6.61 Å². The zero-order valence-electron chi connectivity index (χ0n) is 10.6. The second kappa shape index (κ2) is 4.92. The summed E-state index contributed by atoms with van der Waals surface area (Å²) in [5.41, 5.74) is 1.78. The molecule has 0 radical (unpaired) electrons. The summed E-state index contributed by atoms with van der Waals surface area (Å²) in [6.45, 7) is 4.55. The Kier molecular flexibility index (Phi) is 3.53. The number of hydrogen-bond acceptors (Lipinski definition) is 2. The van der Waals surface area contributed by atoms with Crippen LogP contribution < -0.4 is 4.74 Å². The van der Waals surface area contributed by atoms with E-state index in [-0.39, 0.29) is 0 Å². The topological polar surface area (TPSA) is 29.5 Å². The second-order valence-electron chi connectivity index (χ2n) is 4.84. The Morgan fingerprint density at radius 1 is 1.29 bits per heavy atom. The maximum atomic E-state index is 10.0. The lowest BCUT2D eigenvalue weighted by atomic mass is 9.85. The first-order valence-corrected chi connectivity index (χ1v) is 6.28. The van der Waals surface area contributed by atoms with Crippen LogP contribution in [0.2, 0.25) is 0 Å². The number of aliphatic hydroxyl groups is 1. The first kappa shape index (κ1) is 12.2. The number of hydrogen-bond donors (Lipinski definition) is 1. The molecular weight excluding hydrogens is 212 g/mol. The highest BCUT2D eigenvalue weighted by Gasteiger charge is 2.22. The summed E-state index contributed by atoms with van der Waals surface area (Å²) in [6.07, 6.45) is 4.94. The van der Waals surface area contributed by atoms with E-state index >= 15 is 0 Å². The Labute approximate surface area is 103 Å². The minimum Gasteiger partial charge on any atom is -0.494 e. The molecule has 2 nitrogen and oxygen atoms in total. The standard InChI is InChI=1S/C15H20O2/c1-3-17-14-8-6-12(7-9-14)13-5-4-10-15(2,16)11-13/h6-9,11,16H,3-5,10H2,1-2H3. The second-order valence-corrected chi connectivity index (χ2v) is 4.84. The lowest BCUT2D eigenvalue weighted by Crippen LogP contribution is -2.23. The molecule has 0 amide bonds. The van der Waals surface area contributed by atoms with Gasteiger partial charge < -0.3 is 9.84 Å². The Hall–Kier alpha value is -1.28. The van der Waals surface area contributed by atoms with E-state index in [4.69, 9.17) is 4.74 Å². The van der Waals surface area contributed by atoms with Crippen molar-refractivity contribution in [3.8, 4) is 5.75 Å². The highest BCUT2D eigenvalue weighted by molar-refractivity contribution is 5.67. The van der Waals surface area contributed by atoms with Crippen molar-refractivity contribution in [3.63, 3.8) is 0 Å². The zero-order valence-corrected chi connectivity index (χ0v) is 10.6. The summed E-state index contributed by atoms with van der Waals surface area (Å²) < 4.78 is 5.42. The summed E-state index contributed by atoms with van der Waals surface area (Å²) in [5.74, 6) is 0.902. The van der Waals surface area contributed by atoms with Crippen molar-refractivity contribution in [2.24, 2.45) is 0 Å². The molecule has 0 bridgehead atoms. The monoisotopic (exact) mass is 232 g/mol. The van der Waals surface area contributed by atoms with Gasteiger partial charge in [-0.05, 0) is 62.5 Å². The van der Waals surface area contributed by atoms with E-state index in [1.807, 2.05) is 32.1 Å². The van der Waals surface area contributed by atoms with Crippen LogP contribution in [0.15, 0.2) is 30.3 Å². The van der Waals surface area contributed by atoms with Gasteiger partial charge in [0.1, 0.15) is 5.75 Å². The zero-order chi connectivity index (χ0) is 12.3. The molecule has 0 fully saturated rings. The molecule has 92 valence electrons. The summed E-state index contributed by atoms with van der Waals surface area (Å²) in [5, 5.41) is 10.0. The van der Waals surface area contributed by atoms with Gasteiger partial charge in [-0.1, -0.05) is 12.1 Å². The fraction of sp³-hybridized carbons (Fsp3) is 0.467. The van der Waals surface area contributed by atoms with Crippen LogP contribution in [0.5, 0.6) is 5.75 Å². The average molecular weight is 232 g/mol. The van der Waals surface area contributed by atoms with Crippen LogP contribution in [-0.4, -0.2) is 17.3 Å². The number of rotatable bonds is 3. The minimum absolute atomic E-state index is 0.647. The normalized spacial score (nSPS) is 24.3. The SMILES string of the molecule is CCOc1ccc(C2=CC(C)(O)CCC2)cc1. The molecule has 0 saturated carbocycles. The van der Waals surface area contributed by atoms with Crippen molar-refractivity contribution in [2.75, 3.05) is 6.61 Å². The van der Waals surface area contributed by atoms with Crippen molar-refractivity contribution >= 4 is 5.57 Å². The Morgan fingerprint density at radius 3 is 2.59 bits per heavy atom. The van der Waals surface area contributed by atoms with Crippen molar-refractivity contribution < 1.29 is 9.84 Å². The van der Waals surface area contributed by atoms with Crippen LogP contribution in [0.25, 0.3) is 5.57 Å². The molecular formula is C15H20O2. The highest BCUT2D eigenvalue weighted by Crippen LogP contribution is 2.32. The predicted octanol–water partition coefficient (Wildman–Crippen LogP) is 3.40. The summed E-state index contributed by atoms with van der Waals surface area (Å²) >= 11 is 0. The number of benzene rings is 1. The van der Waals surface area contributed by atoms with Gasteiger partial charge in [-0.25, -0.2) is 0 Å². The number of ether oxygens (including phenoxy) is 1. The number of allylic oxidation sites excluding steroid dienone is 1. The summed E-state index contributed by atoms with van der Waals surface area (Å²) in [6, 6.07) is 8.11. The highest BCUT2D eigenvalue weighted by atomic mass is 16.5. The van der Waals surface area contributed by atoms with Crippen molar-refractivity contribution in [3.05, 3.63) is 35.9 Å². The molecule has 2 rings (SSSR count). The molecule has 0 aliphatic heterocycles. The smallest absolute Gasteiger partial charge is 0.119 e. The molecule has 2 heteroatoms. The predicted molar refractivity (Wildman–Crippen MR) is 70.1 cm³/mol. The van der Waals surface area contributed by atoms with Crippen LogP contribution in [0.1, 0.15) is 38.7 Å². The molecule has 1 aromatic carbocycles. The van der Waals surface area contributed by atoms with Gasteiger partial charge in [-0.3, -0.25) is 0 Å². The van der Waals surface area contributed by atoms with Gasteiger partial charge >= 0.3 is 0 Å².